The minimum Gasteiger partial charge on any atom is -0.497 e. The van der Waals surface area contributed by atoms with Gasteiger partial charge in [0.15, 0.2) is 0 Å². The van der Waals surface area contributed by atoms with E-state index < -0.39 is 0 Å². The highest BCUT2D eigenvalue weighted by molar-refractivity contribution is 6.31. The van der Waals surface area contributed by atoms with Crippen molar-refractivity contribution in [3.05, 3.63) is 82.1 Å². The largest absolute Gasteiger partial charge is 0.497 e. The third kappa shape index (κ3) is 8.37. The number of methoxy groups -OCH3 is 2. The molecule has 0 radical (unpaired) electrons. The van der Waals surface area contributed by atoms with Crippen LogP contribution in [0.4, 0.5) is 0 Å². The summed E-state index contributed by atoms with van der Waals surface area (Å²) >= 11 is 6.11. The maximum absolute atomic E-state index is 6.11. The number of aryl methyl sites for hydroxylation is 3. The average molecular weight is 496 g/mol. The zero-order valence-electron chi connectivity index (χ0n) is 21.3. The molecule has 0 aliphatic rings. The van der Waals surface area contributed by atoms with E-state index in [-0.39, 0.29) is 0 Å². The number of H-pyrrole nitrogens is 1. The van der Waals surface area contributed by atoms with E-state index in [2.05, 4.69) is 44.7 Å². The van der Waals surface area contributed by atoms with Crippen molar-refractivity contribution < 1.29 is 9.47 Å². The van der Waals surface area contributed by atoms with Crippen molar-refractivity contribution in [2.45, 2.75) is 47.0 Å². The Hall–Kier alpha value is -3.45. The molecule has 2 aromatic carbocycles. The minimum atomic E-state index is 0.605. The van der Waals surface area contributed by atoms with Crippen LogP contribution in [0, 0.1) is 6.92 Å². The molecular weight excluding hydrogens is 462 g/mol. The van der Waals surface area contributed by atoms with Crippen molar-refractivity contribution in [3.8, 4) is 22.9 Å². The molecular formula is C27H34ClN5O2. The summed E-state index contributed by atoms with van der Waals surface area (Å²) in [6.45, 7) is 8.11. The normalized spacial score (nSPS) is 9.91. The van der Waals surface area contributed by atoms with Gasteiger partial charge in [-0.15, -0.1) is 10.2 Å². The average Bonchev–Trinajstić information content (AvgIpc) is 3.46. The summed E-state index contributed by atoms with van der Waals surface area (Å²) in [7, 11) is 3.32. The van der Waals surface area contributed by atoms with Gasteiger partial charge in [0.1, 0.15) is 11.5 Å². The number of pyridine rings is 1. The van der Waals surface area contributed by atoms with E-state index in [1.807, 2.05) is 57.2 Å². The Morgan fingerprint density at radius 2 is 1.54 bits per heavy atom. The predicted octanol–water partition coefficient (Wildman–Crippen LogP) is 6.30. The number of aromatic nitrogens is 5. The first-order valence-electron chi connectivity index (χ1n) is 11.7. The van der Waals surface area contributed by atoms with Crippen LogP contribution in [0.2, 0.25) is 5.02 Å². The molecule has 2 aromatic heterocycles. The third-order valence-corrected chi connectivity index (χ3v) is 5.68. The Labute approximate surface area is 212 Å². The Kier molecular flexibility index (Phi) is 11.7. The lowest BCUT2D eigenvalue weighted by molar-refractivity contribution is 0.393. The molecule has 1 N–H and O–H groups in total. The van der Waals surface area contributed by atoms with Crippen LogP contribution in [0.15, 0.2) is 54.7 Å². The fourth-order valence-corrected chi connectivity index (χ4v) is 3.41. The molecule has 0 amide bonds. The molecule has 0 bridgehead atoms. The lowest BCUT2D eigenvalue weighted by Gasteiger charge is -2.06. The summed E-state index contributed by atoms with van der Waals surface area (Å²) in [5, 5.41) is 14.7. The van der Waals surface area contributed by atoms with E-state index in [0.717, 1.165) is 52.6 Å². The van der Waals surface area contributed by atoms with Crippen molar-refractivity contribution >= 4 is 11.6 Å². The smallest absolute Gasteiger partial charge is 0.204 e. The quantitative estimate of drug-likeness (QED) is 0.323. The molecule has 0 fully saturated rings. The van der Waals surface area contributed by atoms with Gasteiger partial charge in [-0.25, -0.2) is 0 Å². The summed E-state index contributed by atoms with van der Waals surface area (Å²) in [6, 6.07) is 15.9. The van der Waals surface area contributed by atoms with Crippen LogP contribution in [0.1, 0.15) is 43.2 Å². The minimum absolute atomic E-state index is 0.605. The second kappa shape index (κ2) is 14.7. The van der Waals surface area contributed by atoms with E-state index in [0.29, 0.717) is 5.82 Å². The van der Waals surface area contributed by atoms with Gasteiger partial charge in [-0.2, -0.15) is 5.21 Å². The molecule has 35 heavy (non-hydrogen) atoms. The van der Waals surface area contributed by atoms with Crippen molar-refractivity contribution in [3.63, 3.8) is 0 Å². The fraction of sp³-hybridized carbons (Fsp3) is 0.333. The number of nitrogens with zero attached hydrogens (tertiary/aromatic N) is 4. The number of hydrogen-bond donors (Lipinski definition) is 1. The molecule has 4 aromatic rings. The Balaban J connectivity index is 0.000000263. The number of benzene rings is 2. The standard InChI is InChI=1S/C15H14ClN5.C10H14O2.C2H6/c1-10-13(16)8-9-17-14(10)7-4-11-2-5-12(6-3-11)15-18-20-21-19-15;1-4-8-5-9(11-2)7-10(6-8)12-3;1-2/h2-3,5-6,8-9H,4,7H2,1H3,(H,18,19,20,21);5-7H,4H2,1-3H3;1-2H3. The van der Waals surface area contributed by atoms with Crippen molar-refractivity contribution in [1.82, 2.24) is 25.6 Å². The zero-order chi connectivity index (χ0) is 25.6. The van der Waals surface area contributed by atoms with Crippen LogP contribution >= 0.6 is 11.6 Å². The van der Waals surface area contributed by atoms with Gasteiger partial charge in [-0.3, -0.25) is 4.98 Å². The van der Waals surface area contributed by atoms with Crippen molar-refractivity contribution in [2.75, 3.05) is 14.2 Å². The number of nitrogens with one attached hydrogen (secondary N) is 1. The van der Waals surface area contributed by atoms with Gasteiger partial charge < -0.3 is 9.47 Å². The van der Waals surface area contributed by atoms with E-state index >= 15 is 0 Å². The molecule has 186 valence electrons. The summed E-state index contributed by atoms with van der Waals surface area (Å²) < 4.78 is 10.2. The van der Waals surface area contributed by atoms with E-state index in [1.165, 1.54) is 11.1 Å². The highest BCUT2D eigenvalue weighted by Crippen LogP contribution is 2.22. The predicted molar refractivity (Wildman–Crippen MR) is 141 cm³/mol. The van der Waals surface area contributed by atoms with Crippen molar-refractivity contribution in [2.24, 2.45) is 0 Å². The molecule has 0 saturated carbocycles. The summed E-state index contributed by atoms with van der Waals surface area (Å²) in [4.78, 5) is 4.40. The molecule has 0 aliphatic heterocycles. The molecule has 0 saturated heterocycles. The van der Waals surface area contributed by atoms with Gasteiger partial charge in [-0.05, 0) is 66.3 Å². The molecule has 2 heterocycles. The van der Waals surface area contributed by atoms with Crippen LogP contribution in [0.3, 0.4) is 0 Å². The lowest BCUT2D eigenvalue weighted by atomic mass is 10.0. The van der Waals surface area contributed by atoms with E-state index in [4.69, 9.17) is 21.1 Å². The zero-order valence-corrected chi connectivity index (χ0v) is 22.1. The monoisotopic (exact) mass is 495 g/mol. The first kappa shape index (κ1) is 27.8. The van der Waals surface area contributed by atoms with Gasteiger partial charge in [0.25, 0.3) is 0 Å². The highest BCUT2D eigenvalue weighted by Gasteiger charge is 2.06. The van der Waals surface area contributed by atoms with Gasteiger partial charge in [-0.1, -0.05) is 56.6 Å². The number of rotatable bonds is 7. The Morgan fingerprint density at radius 1 is 0.886 bits per heavy atom. The second-order valence-corrected chi connectivity index (χ2v) is 7.78. The van der Waals surface area contributed by atoms with E-state index in [1.54, 1.807) is 20.4 Å². The maximum atomic E-state index is 6.11. The molecule has 0 atom stereocenters. The SMILES string of the molecule is CC.CCc1cc(OC)cc(OC)c1.Cc1c(Cl)ccnc1CCc1ccc(-c2nn[nH]n2)cc1. The topological polar surface area (TPSA) is 85.8 Å². The van der Waals surface area contributed by atoms with Gasteiger partial charge >= 0.3 is 0 Å². The van der Waals surface area contributed by atoms with Crippen LogP contribution in [-0.2, 0) is 19.3 Å². The number of tetrazole rings is 1. The molecule has 0 unspecified atom stereocenters. The van der Waals surface area contributed by atoms with Crippen LogP contribution in [0.5, 0.6) is 11.5 Å². The number of ether oxygens (including phenoxy) is 2. The van der Waals surface area contributed by atoms with Crippen LogP contribution in [-0.4, -0.2) is 39.8 Å². The van der Waals surface area contributed by atoms with Crippen LogP contribution in [0.25, 0.3) is 11.4 Å². The molecule has 0 aliphatic carbocycles. The highest BCUT2D eigenvalue weighted by atomic mass is 35.5. The molecule has 8 heteroatoms. The summed E-state index contributed by atoms with van der Waals surface area (Å²) in [5.41, 5.74) is 5.52. The molecule has 0 spiro atoms. The number of aromatic amines is 1. The van der Waals surface area contributed by atoms with Gasteiger partial charge in [0.2, 0.25) is 5.82 Å². The summed E-state index contributed by atoms with van der Waals surface area (Å²) in [5.74, 6) is 2.31. The lowest BCUT2D eigenvalue weighted by Crippen LogP contribution is -1.98. The molecule has 7 nitrogen and oxygen atoms in total. The van der Waals surface area contributed by atoms with Gasteiger partial charge in [0.05, 0.1) is 14.2 Å². The summed E-state index contributed by atoms with van der Waals surface area (Å²) in [6.07, 6.45) is 4.53. The van der Waals surface area contributed by atoms with E-state index in [9.17, 15) is 0 Å². The molecule has 4 rings (SSSR count). The van der Waals surface area contributed by atoms with Gasteiger partial charge in [0, 0.05) is 28.5 Å². The van der Waals surface area contributed by atoms with Crippen molar-refractivity contribution in [1.29, 1.82) is 0 Å². The maximum Gasteiger partial charge on any atom is 0.204 e. The Bertz CT molecular complexity index is 1090. The fourth-order valence-electron chi connectivity index (χ4n) is 3.24. The first-order valence-corrected chi connectivity index (χ1v) is 12.1. The number of hydrogen-bond acceptors (Lipinski definition) is 6. The second-order valence-electron chi connectivity index (χ2n) is 7.37. The Morgan fingerprint density at radius 3 is 2.09 bits per heavy atom. The first-order chi connectivity index (χ1) is 17.0. The van der Waals surface area contributed by atoms with Crippen LogP contribution < -0.4 is 9.47 Å². The third-order valence-electron chi connectivity index (χ3n) is 5.27. The number of halogens is 1.